The summed E-state index contributed by atoms with van der Waals surface area (Å²) in [7, 11) is 4.88. The molecule has 0 aromatic heterocycles. The van der Waals surface area contributed by atoms with Crippen molar-refractivity contribution in [2.24, 2.45) is 22.2 Å². The molecular formula is C24H41N9O8S2. The normalized spacial score (nSPS) is 24.3. The van der Waals surface area contributed by atoms with Gasteiger partial charge in [0, 0.05) is 38.1 Å². The van der Waals surface area contributed by atoms with Gasteiger partial charge in [-0.05, 0) is 26.7 Å². The first-order valence-electron chi connectivity index (χ1n) is 13.1. The molecule has 1 saturated heterocycles. The molecule has 17 nitrogen and oxygen atoms in total. The number of aliphatic carboxylic acids is 1. The summed E-state index contributed by atoms with van der Waals surface area (Å²) in [4.78, 5) is 95.0. The first kappa shape index (κ1) is 37.3. The predicted octanol–water partition coefficient (Wildman–Crippen LogP) is -3.07. The number of hydrogen-bond donors (Lipinski definition) is 7. The summed E-state index contributed by atoms with van der Waals surface area (Å²) in [6, 6.07) is -5.10. The van der Waals surface area contributed by atoms with Crippen LogP contribution in [0.3, 0.4) is 0 Å². The number of guanidine groups is 1. The van der Waals surface area contributed by atoms with Gasteiger partial charge in [-0.15, -0.1) is 0 Å². The second-order valence-corrected chi connectivity index (χ2v) is 13.4. The Morgan fingerprint density at radius 3 is 2.26 bits per heavy atom. The van der Waals surface area contributed by atoms with Gasteiger partial charge in [-0.25, -0.2) is 0 Å². The van der Waals surface area contributed by atoms with E-state index in [0.717, 1.165) is 26.5 Å². The fraction of sp³-hybridized carbons (Fsp3) is 0.667. The van der Waals surface area contributed by atoms with Crippen LogP contribution < -0.4 is 33.2 Å². The van der Waals surface area contributed by atoms with Crippen LogP contribution in [0, 0.1) is 0 Å². The molecule has 4 atom stereocenters. The van der Waals surface area contributed by atoms with E-state index in [-0.39, 0.29) is 31.1 Å². The number of likely N-dealkylation sites (N-methyl/N-ethyl adjacent to an activating group) is 2. The fourth-order valence-electron chi connectivity index (χ4n) is 4.10. The molecule has 1 heterocycles. The van der Waals surface area contributed by atoms with Gasteiger partial charge in [-0.3, -0.25) is 38.6 Å². The zero-order chi connectivity index (χ0) is 33.1. The minimum Gasteiger partial charge on any atom is -0.481 e. The minimum absolute atomic E-state index is 0.00269. The summed E-state index contributed by atoms with van der Waals surface area (Å²) in [5, 5.41) is 16.6. The van der Waals surface area contributed by atoms with Crippen LogP contribution >= 0.6 is 21.6 Å². The zero-order valence-electron chi connectivity index (χ0n) is 24.7. The molecule has 1 unspecified atom stereocenters. The molecule has 43 heavy (non-hydrogen) atoms. The number of nitrogens with zero attached hydrogens (tertiary/aromatic N) is 3. The number of amides is 6. The average Bonchev–Trinajstić information content (AvgIpc) is 2.87. The number of carbonyl (C=O) groups is 7. The van der Waals surface area contributed by atoms with Gasteiger partial charge in [0.15, 0.2) is 5.96 Å². The summed E-state index contributed by atoms with van der Waals surface area (Å²) in [6.07, 6.45) is -0.438. The Balaban J connectivity index is 3.55. The summed E-state index contributed by atoms with van der Waals surface area (Å²) in [5.74, 6) is -6.05. The van der Waals surface area contributed by atoms with Crippen molar-refractivity contribution in [1.82, 2.24) is 25.8 Å². The van der Waals surface area contributed by atoms with Crippen LogP contribution in [0.15, 0.2) is 4.99 Å². The van der Waals surface area contributed by atoms with E-state index < -0.39 is 83.3 Å². The summed E-state index contributed by atoms with van der Waals surface area (Å²) >= 11 is 0. The predicted molar refractivity (Wildman–Crippen MR) is 161 cm³/mol. The first-order chi connectivity index (χ1) is 19.9. The van der Waals surface area contributed by atoms with Crippen LogP contribution in [0.2, 0.25) is 0 Å². The smallest absolute Gasteiger partial charge is 0.305 e. The van der Waals surface area contributed by atoms with Crippen molar-refractivity contribution in [3.8, 4) is 0 Å². The van der Waals surface area contributed by atoms with Crippen molar-refractivity contribution in [3.63, 3.8) is 0 Å². The highest BCUT2D eigenvalue weighted by atomic mass is 33.1. The van der Waals surface area contributed by atoms with Crippen LogP contribution in [0.4, 0.5) is 0 Å². The fourth-order valence-corrected chi connectivity index (χ4v) is 6.92. The molecule has 1 fully saturated rings. The summed E-state index contributed by atoms with van der Waals surface area (Å²) < 4.78 is -1.10. The first-order valence-corrected chi connectivity index (χ1v) is 15.4. The van der Waals surface area contributed by atoms with Crippen molar-refractivity contribution < 1.29 is 38.7 Å². The molecule has 1 aliphatic heterocycles. The lowest BCUT2D eigenvalue weighted by atomic mass is 10.0. The van der Waals surface area contributed by atoms with Crippen LogP contribution in [0.1, 0.15) is 40.0 Å². The number of primary amides is 1. The van der Waals surface area contributed by atoms with Crippen LogP contribution in [0.25, 0.3) is 0 Å². The highest BCUT2D eigenvalue weighted by Gasteiger charge is 2.40. The molecule has 0 bridgehead atoms. The van der Waals surface area contributed by atoms with Gasteiger partial charge < -0.3 is 48.1 Å². The molecule has 0 aromatic rings. The standard InChI is InChI=1S/C24H41N9O8S2/c1-12(34)29-14-11-42-43-24(2,3)18(19(25)38)31-20(39)13(9-17(36)37)30-16(35)10-32(4)22(41)15(33(5)21(14)40)7-6-8-28-23(26)27/h13-15,18H,6-11H2,1-5H3,(H2,25,38)(H,29,34)(H,30,35)(H,31,39)(H,36,37)(H4,26,27,28)/t13-,14?,15-,18+/m0/s1. The maximum Gasteiger partial charge on any atom is 0.305 e. The highest BCUT2D eigenvalue weighted by molar-refractivity contribution is 8.77. The quantitative estimate of drug-likeness (QED) is 0.0599. The van der Waals surface area contributed by atoms with Crippen molar-refractivity contribution in [2.45, 2.75) is 68.9 Å². The van der Waals surface area contributed by atoms with Crippen molar-refractivity contribution in [2.75, 3.05) is 32.9 Å². The van der Waals surface area contributed by atoms with Gasteiger partial charge in [0.1, 0.15) is 24.2 Å². The Labute approximate surface area is 257 Å². The van der Waals surface area contributed by atoms with Crippen molar-refractivity contribution >= 4 is 69.0 Å². The van der Waals surface area contributed by atoms with E-state index in [1.165, 1.54) is 25.9 Å². The van der Waals surface area contributed by atoms with E-state index in [2.05, 4.69) is 20.9 Å². The SMILES string of the molecule is CC(=O)NC1CSSC(C)(C)[C@@H](C(N)=O)NC(=O)[C@H](CC(=O)O)NC(=O)CN(C)C(=O)[C@H](CCCN=C(N)N)N(C)C1=O. The Bertz CT molecular complexity index is 1120. The summed E-state index contributed by atoms with van der Waals surface area (Å²) in [6.45, 7) is 3.98. The maximum atomic E-state index is 13.6. The largest absolute Gasteiger partial charge is 0.481 e. The number of hydrogen-bond acceptors (Lipinski definition) is 10. The van der Waals surface area contributed by atoms with E-state index in [0.29, 0.717) is 0 Å². The van der Waals surface area contributed by atoms with Crippen LogP contribution in [0.5, 0.6) is 0 Å². The van der Waals surface area contributed by atoms with Gasteiger partial charge in [-0.2, -0.15) is 0 Å². The van der Waals surface area contributed by atoms with E-state index in [1.54, 1.807) is 13.8 Å². The van der Waals surface area contributed by atoms with Crippen molar-refractivity contribution in [3.05, 3.63) is 0 Å². The average molecular weight is 648 g/mol. The lowest BCUT2D eigenvalue weighted by molar-refractivity contribution is -0.147. The number of nitrogens with two attached hydrogens (primary N) is 3. The van der Waals surface area contributed by atoms with E-state index in [9.17, 15) is 38.7 Å². The monoisotopic (exact) mass is 647 g/mol. The Morgan fingerprint density at radius 2 is 1.72 bits per heavy atom. The molecule has 242 valence electrons. The molecule has 6 amide bonds. The second-order valence-electron chi connectivity index (χ2n) is 10.4. The van der Waals surface area contributed by atoms with Gasteiger partial charge >= 0.3 is 5.97 Å². The lowest BCUT2D eigenvalue weighted by Crippen LogP contribution is -2.60. The molecule has 0 aromatic carbocycles. The summed E-state index contributed by atoms with van der Waals surface area (Å²) in [5.41, 5.74) is 16.3. The molecule has 0 radical (unpaired) electrons. The maximum absolute atomic E-state index is 13.6. The molecule has 1 aliphatic rings. The second kappa shape index (κ2) is 16.8. The highest BCUT2D eigenvalue weighted by Crippen LogP contribution is 2.38. The molecule has 10 N–H and O–H groups in total. The third-order valence-corrected chi connectivity index (χ3v) is 9.57. The molecule has 19 heteroatoms. The molecule has 1 rings (SSSR count). The number of carboxylic acids is 1. The molecule has 0 spiro atoms. The van der Waals surface area contributed by atoms with Gasteiger partial charge in [0.05, 0.1) is 13.0 Å². The van der Waals surface area contributed by atoms with E-state index in [4.69, 9.17) is 17.2 Å². The van der Waals surface area contributed by atoms with Gasteiger partial charge in [0.25, 0.3) is 0 Å². The van der Waals surface area contributed by atoms with Crippen molar-refractivity contribution in [1.29, 1.82) is 0 Å². The molecular weight excluding hydrogens is 606 g/mol. The molecule has 0 aliphatic carbocycles. The minimum atomic E-state index is -1.59. The van der Waals surface area contributed by atoms with Crippen LogP contribution in [-0.2, 0) is 33.6 Å². The van der Waals surface area contributed by atoms with E-state index in [1.807, 2.05) is 0 Å². The van der Waals surface area contributed by atoms with Crippen LogP contribution in [-0.4, -0.2) is 124 Å². The lowest BCUT2D eigenvalue weighted by Gasteiger charge is -2.34. The third kappa shape index (κ3) is 12.2. The van der Waals surface area contributed by atoms with Gasteiger partial charge in [0.2, 0.25) is 35.4 Å². The van der Waals surface area contributed by atoms with E-state index >= 15 is 0 Å². The third-order valence-electron chi connectivity index (χ3n) is 6.27. The Morgan fingerprint density at radius 1 is 1.09 bits per heavy atom. The Kier molecular flexibility index (Phi) is 14.6. The zero-order valence-corrected chi connectivity index (χ0v) is 26.4. The number of carboxylic acid groups (broad SMARTS) is 1. The number of nitrogens with one attached hydrogen (secondary N) is 3. The van der Waals surface area contributed by atoms with Gasteiger partial charge in [-0.1, -0.05) is 21.6 Å². The number of carbonyl (C=O) groups excluding carboxylic acids is 6. The number of rotatable bonds is 8. The Hall–Kier alpha value is -3.74. The molecule has 0 saturated carbocycles. The topological polar surface area (TPSA) is 273 Å². The number of aliphatic imine (C=N–C) groups is 1.